The van der Waals surface area contributed by atoms with E-state index in [1.807, 2.05) is 18.2 Å². The second kappa shape index (κ2) is 10.9. The lowest BCUT2D eigenvalue weighted by Crippen LogP contribution is -1.97. The van der Waals surface area contributed by atoms with Crippen molar-refractivity contribution >= 4 is 55.0 Å². The Hall–Kier alpha value is -6.88. The summed E-state index contributed by atoms with van der Waals surface area (Å²) >= 11 is 0. The van der Waals surface area contributed by atoms with Gasteiger partial charge in [0.25, 0.3) is 0 Å². The second-order valence-corrected chi connectivity index (χ2v) is 11.9. The molecule has 0 aliphatic carbocycles. The number of nitrogens with zero attached hydrogens (tertiary/aromatic N) is 4. The Morgan fingerprint density at radius 2 is 0.979 bits per heavy atom. The van der Waals surface area contributed by atoms with Crippen LogP contribution in [-0.4, -0.2) is 9.13 Å². The zero-order valence-corrected chi connectivity index (χ0v) is 25.8. The van der Waals surface area contributed by atoms with E-state index in [0.29, 0.717) is 11.4 Å². The minimum absolute atomic E-state index is 0.610. The van der Waals surface area contributed by atoms with Crippen LogP contribution in [0.4, 0.5) is 11.4 Å². The highest BCUT2D eigenvalue weighted by atomic mass is 15.0. The van der Waals surface area contributed by atoms with Crippen molar-refractivity contribution in [3.63, 3.8) is 0 Å². The molecular weight excluding hydrogens is 585 g/mol. The maximum atomic E-state index is 8.07. The number of para-hydroxylation sites is 4. The van der Waals surface area contributed by atoms with Crippen LogP contribution >= 0.6 is 0 Å². The van der Waals surface area contributed by atoms with Gasteiger partial charge in [0, 0.05) is 38.3 Å². The normalized spacial score (nSPS) is 11.3. The zero-order valence-electron chi connectivity index (χ0n) is 25.8. The van der Waals surface area contributed by atoms with E-state index in [4.69, 9.17) is 13.1 Å². The average Bonchev–Trinajstić information content (AvgIpc) is 3.67. The lowest BCUT2D eigenvalue weighted by atomic mass is 9.96. The summed E-state index contributed by atoms with van der Waals surface area (Å²) in [6.07, 6.45) is 0. The summed E-state index contributed by atoms with van der Waals surface area (Å²) in [6, 6.07) is 54.4. The predicted molar refractivity (Wildman–Crippen MR) is 199 cm³/mol. The number of hydrogen-bond donors (Lipinski definition) is 0. The van der Waals surface area contributed by atoms with Crippen LogP contribution in [0.15, 0.2) is 158 Å². The Kier molecular flexibility index (Phi) is 6.22. The van der Waals surface area contributed by atoms with Gasteiger partial charge in [-0.15, -0.1) is 0 Å². The summed E-state index contributed by atoms with van der Waals surface area (Å²) in [5, 5.41) is 4.67. The van der Waals surface area contributed by atoms with Gasteiger partial charge >= 0.3 is 0 Å². The highest BCUT2D eigenvalue weighted by Crippen LogP contribution is 2.41. The fourth-order valence-electron chi connectivity index (χ4n) is 7.25. The topological polar surface area (TPSA) is 18.6 Å². The Morgan fingerprint density at radius 3 is 1.65 bits per heavy atom. The van der Waals surface area contributed by atoms with Crippen LogP contribution in [0, 0.1) is 13.1 Å². The molecule has 4 heteroatoms. The van der Waals surface area contributed by atoms with Crippen LogP contribution in [-0.2, 0) is 0 Å². The summed E-state index contributed by atoms with van der Waals surface area (Å²) in [6.45, 7) is 15.7. The van der Waals surface area contributed by atoms with Gasteiger partial charge in [-0.2, -0.15) is 0 Å². The van der Waals surface area contributed by atoms with Crippen molar-refractivity contribution in [1.29, 1.82) is 0 Å². The third-order valence-corrected chi connectivity index (χ3v) is 9.35. The molecule has 222 valence electrons. The summed E-state index contributed by atoms with van der Waals surface area (Å²) in [5.74, 6) is 0. The van der Waals surface area contributed by atoms with E-state index >= 15 is 0 Å². The standard InChI is InChI=1S/C44H26N4/c1-45-31-22-24-37-36-17-6-10-21-43(36)48(44(37)27-31)40-18-7-3-14-33(40)29-12-11-13-30(26-29)38-28-32(23-25-39(38)46-2)47-41-19-8-4-15-34(41)35-16-5-9-20-42(35)47/h3-28H. The Labute approximate surface area is 277 Å². The molecule has 2 heterocycles. The van der Waals surface area contributed by atoms with Crippen LogP contribution in [0.2, 0.25) is 0 Å². The van der Waals surface area contributed by atoms with Gasteiger partial charge in [0.05, 0.1) is 35.4 Å². The quantitative estimate of drug-likeness (QED) is 0.177. The first-order chi connectivity index (χ1) is 23.7. The highest BCUT2D eigenvalue weighted by molar-refractivity contribution is 6.11. The molecule has 7 aromatic carbocycles. The van der Waals surface area contributed by atoms with Gasteiger partial charge in [-0.05, 0) is 65.2 Å². The molecule has 48 heavy (non-hydrogen) atoms. The zero-order chi connectivity index (χ0) is 32.2. The molecule has 4 nitrogen and oxygen atoms in total. The summed E-state index contributed by atoms with van der Waals surface area (Å²) < 4.78 is 4.56. The van der Waals surface area contributed by atoms with Crippen LogP contribution < -0.4 is 0 Å². The monoisotopic (exact) mass is 610 g/mol. The van der Waals surface area contributed by atoms with E-state index in [-0.39, 0.29) is 0 Å². The third-order valence-electron chi connectivity index (χ3n) is 9.35. The molecule has 0 aliphatic heterocycles. The molecule has 0 N–H and O–H groups in total. The largest absolute Gasteiger partial charge is 0.310 e. The van der Waals surface area contributed by atoms with E-state index < -0.39 is 0 Å². The van der Waals surface area contributed by atoms with Gasteiger partial charge in [0.2, 0.25) is 0 Å². The van der Waals surface area contributed by atoms with Crippen molar-refractivity contribution in [2.75, 3.05) is 0 Å². The molecule has 0 bridgehead atoms. The van der Waals surface area contributed by atoms with E-state index in [0.717, 1.165) is 66.5 Å². The molecule has 0 radical (unpaired) electrons. The minimum atomic E-state index is 0.610. The fraction of sp³-hybridized carbons (Fsp3) is 0. The second-order valence-electron chi connectivity index (χ2n) is 11.9. The highest BCUT2D eigenvalue weighted by Gasteiger charge is 2.18. The van der Waals surface area contributed by atoms with Crippen molar-refractivity contribution < 1.29 is 0 Å². The third kappa shape index (κ3) is 4.14. The van der Waals surface area contributed by atoms with Crippen molar-refractivity contribution in [3.05, 3.63) is 181 Å². The lowest BCUT2D eigenvalue weighted by Gasteiger charge is -2.16. The smallest absolute Gasteiger partial charge is 0.195 e. The molecule has 0 aliphatic rings. The van der Waals surface area contributed by atoms with Crippen LogP contribution in [0.3, 0.4) is 0 Å². The molecule has 0 fully saturated rings. The van der Waals surface area contributed by atoms with E-state index in [2.05, 4.69) is 158 Å². The molecule has 2 aromatic heterocycles. The van der Waals surface area contributed by atoms with Crippen molar-refractivity contribution in [1.82, 2.24) is 9.13 Å². The van der Waals surface area contributed by atoms with E-state index in [1.54, 1.807) is 0 Å². The summed E-state index contributed by atoms with van der Waals surface area (Å²) in [4.78, 5) is 7.69. The van der Waals surface area contributed by atoms with Gasteiger partial charge in [-0.25, -0.2) is 9.69 Å². The van der Waals surface area contributed by atoms with Gasteiger partial charge in [0.1, 0.15) is 0 Å². The molecular formula is C44H26N4. The molecule has 0 spiro atoms. The van der Waals surface area contributed by atoms with Gasteiger partial charge in [0.15, 0.2) is 11.4 Å². The molecule has 0 saturated heterocycles. The SMILES string of the molecule is [C-]#[N+]c1ccc2c3ccccc3n(-c3ccccc3-c3cccc(-c4cc(-n5c6ccccc6c6ccccc65)ccc4[N+]#[C-])c3)c2c1. The van der Waals surface area contributed by atoms with Crippen LogP contribution in [0.1, 0.15) is 0 Å². The number of fused-ring (bicyclic) bond motifs is 6. The number of hydrogen-bond acceptors (Lipinski definition) is 0. The lowest BCUT2D eigenvalue weighted by molar-refractivity contribution is 1.18. The van der Waals surface area contributed by atoms with Gasteiger partial charge in [-0.1, -0.05) is 109 Å². The molecule has 0 amide bonds. The first kappa shape index (κ1) is 27.4. The van der Waals surface area contributed by atoms with Crippen molar-refractivity contribution in [2.45, 2.75) is 0 Å². The molecule has 9 rings (SSSR count). The molecule has 9 aromatic rings. The number of aromatic nitrogens is 2. The Balaban J connectivity index is 1.24. The van der Waals surface area contributed by atoms with E-state index in [9.17, 15) is 0 Å². The molecule has 0 saturated carbocycles. The molecule has 0 unspecified atom stereocenters. The summed E-state index contributed by atoms with van der Waals surface area (Å²) in [5.41, 5.74) is 11.6. The summed E-state index contributed by atoms with van der Waals surface area (Å²) in [7, 11) is 0. The molecule has 0 atom stereocenters. The first-order valence-electron chi connectivity index (χ1n) is 15.8. The van der Waals surface area contributed by atoms with Crippen LogP contribution in [0.25, 0.3) is 86.9 Å². The number of rotatable bonds is 4. The van der Waals surface area contributed by atoms with Gasteiger partial charge < -0.3 is 9.13 Å². The Bertz CT molecular complexity index is 2760. The van der Waals surface area contributed by atoms with Crippen LogP contribution in [0.5, 0.6) is 0 Å². The fourth-order valence-corrected chi connectivity index (χ4v) is 7.25. The van der Waals surface area contributed by atoms with Crippen molar-refractivity contribution in [3.8, 4) is 33.6 Å². The predicted octanol–water partition coefficient (Wildman–Crippen LogP) is 12.3. The number of benzene rings is 7. The van der Waals surface area contributed by atoms with E-state index in [1.165, 1.54) is 10.8 Å². The Morgan fingerprint density at radius 1 is 0.396 bits per heavy atom. The maximum absolute atomic E-state index is 8.07. The van der Waals surface area contributed by atoms with Crippen molar-refractivity contribution in [2.24, 2.45) is 0 Å². The van der Waals surface area contributed by atoms with Gasteiger partial charge in [-0.3, -0.25) is 0 Å². The maximum Gasteiger partial charge on any atom is 0.195 e. The minimum Gasteiger partial charge on any atom is -0.310 e. The first-order valence-corrected chi connectivity index (χ1v) is 15.8. The average molecular weight is 611 g/mol.